The van der Waals surface area contributed by atoms with Crippen molar-refractivity contribution in [1.82, 2.24) is 5.32 Å². The Morgan fingerprint density at radius 2 is 2.00 bits per heavy atom. The second-order valence-electron chi connectivity index (χ2n) is 5.15. The Labute approximate surface area is 145 Å². The summed E-state index contributed by atoms with van der Waals surface area (Å²) in [5.74, 6) is 0.895. The van der Waals surface area contributed by atoms with E-state index >= 15 is 0 Å². The van der Waals surface area contributed by atoms with Gasteiger partial charge in [0.15, 0.2) is 0 Å². The molecule has 0 fully saturated rings. The number of ether oxygens (including phenoxy) is 1. The van der Waals surface area contributed by atoms with Gasteiger partial charge in [-0.2, -0.15) is 0 Å². The molecule has 0 aliphatic rings. The van der Waals surface area contributed by atoms with Crippen molar-refractivity contribution < 1.29 is 9.53 Å². The third kappa shape index (κ3) is 4.47. The summed E-state index contributed by atoms with van der Waals surface area (Å²) in [5, 5.41) is 2.98. The third-order valence-electron chi connectivity index (χ3n) is 3.47. The van der Waals surface area contributed by atoms with Gasteiger partial charge in [-0.25, -0.2) is 0 Å². The van der Waals surface area contributed by atoms with Crippen LogP contribution in [0.3, 0.4) is 0 Å². The van der Waals surface area contributed by atoms with Gasteiger partial charge >= 0.3 is 0 Å². The minimum Gasteiger partial charge on any atom is -0.496 e. The Hall–Kier alpha value is -1.56. The molecule has 2 rings (SSSR count). The highest BCUT2D eigenvalue weighted by Gasteiger charge is 2.09. The van der Waals surface area contributed by atoms with Crippen molar-refractivity contribution in [3.8, 4) is 5.75 Å². The molecule has 0 unspecified atom stereocenters. The molecule has 0 spiro atoms. The van der Waals surface area contributed by atoms with Crippen LogP contribution in [0.2, 0.25) is 0 Å². The topological polar surface area (TPSA) is 38.3 Å². The van der Waals surface area contributed by atoms with Crippen LogP contribution in [0.4, 0.5) is 0 Å². The van der Waals surface area contributed by atoms with Crippen molar-refractivity contribution in [3.63, 3.8) is 0 Å². The molecular formula is C18H20INO2. The number of halogens is 1. The van der Waals surface area contributed by atoms with Gasteiger partial charge in [0.05, 0.1) is 12.7 Å². The van der Waals surface area contributed by atoms with Gasteiger partial charge in [-0.1, -0.05) is 29.8 Å². The zero-order chi connectivity index (χ0) is 15.9. The standard InChI is InChI=1S/C18H20INO2/c1-13-9-10-15(16(19)12-13)18(21)20-11-5-7-14-6-3-4-8-17(14)22-2/h3-4,6,8-10,12H,5,7,11H2,1-2H3,(H,20,21). The molecule has 1 amide bonds. The third-order valence-corrected chi connectivity index (χ3v) is 4.36. The van der Waals surface area contributed by atoms with E-state index in [1.165, 1.54) is 5.56 Å². The predicted octanol–water partition coefficient (Wildman–Crippen LogP) is 3.97. The summed E-state index contributed by atoms with van der Waals surface area (Å²) in [6, 6.07) is 13.9. The Balaban J connectivity index is 1.85. The SMILES string of the molecule is COc1ccccc1CCCNC(=O)c1ccc(C)cc1I. The van der Waals surface area contributed by atoms with Crippen LogP contribution >= 0.6 is 22.6 Å². The summed E-state index contributed by atoms with van der Waals surface area (Å²) < 4.78 is 6.32. The van der Waals surface area contributed by atoms with E-state index in [0.29, 0.717) is 6.54 Å². The Kier molecular flexibility index (Phi) is 6.24. The van der Waals surface area contributed by atoms with Crippen LogP contribution < -0.4 is 10.1 Å². The van der Waals surface area contributed by atoms with E-state index in [9.17, 15) is 4.79 Å². The van der Waals surface area contributed by atoms with Crippen molar-refractivity contribution in [2.45, 2.75) is 19.8 Å². The zero-order valence-electron chi connectivity index (χ0n) is 12.9. The molecule has 116 valence electrons. The highest BCUT2D eigenvalue weighted by Crippen LogP contribution is 2.18. The van der Waals surface area contributed by atoms with E-state index in [1.54, 1.807) is 7.11 Å². The van der Waals surface area contributed by atoms with E-state index in [4.69, 9.17) is 4.74 Å². The summed E-state index contributed by atoms with van der Waals surface area (Å²) in [7, 11) is 1.68. The fourth-order valence-electron chi connectivity index (χ4n) is 2.29. The summed E-state index contributed by atoms with van der Waals surface area (Å²) >= 11 is 2.20. The molecule has 0 saturated heterocycles. The first-order chi connectivity index (χ1) is 10.6. The van der Waals surface area contributed by atoms with Crippen LogP contribution in [0.1, 0.15) is 27.9 Å². The number of hydrogen-bond donors (Lipinski definition) is 1. The molecule has 0 aliphatic heterocycles. The largest absolute Gasteiger partial charge is 0.496 e. The quantitative estimate of drug-likeness (QED) is 0.579. The van der Waals surface area contributed by atoms with E-state index in [1.807, 2.05) is 43.3 Å². The minimum absolute atomic E-state index is 0.00979. The molecule has 0 aromatic heterocycles. The Bertz CT molecular complexity index is 655. The fraction of sp³-hybridized carbons (Fsp3) is 0.278. The van der Waals surface area contributed by atoms with Gasteiger partial charge in [0.1, 0.15) is 5.75 Å². The van der Waals surface area contributed by atoms with Crippen LogP contribution in [-0.4, -0.2) is 19.6 Å². The number of methoxy groups -OCH3 is 1. The maximum atomic E-state index is 12.2. The molecule has 0 saturated carbocycles. The molecule has 3 nitrogen and oxygen atoms in total. The molecule has 0 bridgehead atoms. The van der Waals surface area contributed by atoms with Crippen molar-refractivity contribution in [2.75, 3.05) is 13.7 Å². The molecule has 4 heteroatoms. The number of carbonyl (C=O) groups is 1. The first-order valence-corrected chi connectivity index (χ1v) is 8.36. The Morgan fingerprint density at radius 3 is 2.73 bits per heavy atom. The molecule has 2 aromatic carbocycles. The fourth-order valence-corrected chi connectivity index (χ4v) is 3.21. The number of rotatable bonds is 6. The van der Waals surface area contributed by atoms with Crippen LogP contribution in [0, 0.1) is 10.5 Å². The van der Waals surface area contributed by atoms with Crippen molar-refractivity contribution in [3.05, 3.63) is 62.7 Å². The summed E-state index contributed by atoms with van der Waals surface area (Å²) in [4.78, 5) is 12.2. The lowest BCUT2D eigenvalue weighted by Crippen LogP contribution is -2.25. The van der Waals surface area contributed by atoms with E-state index in [2.05, 4.69) is 34.0 Å². The minimum atomic E-state index is -0.00979. The van der Waals surface area contributed by atoms with Crippen LogP contribution in [0.15, 0.2) is 42.5 Å². The van der Waals surface area contributed by atoms with E-state index < -0.39 is 0 Å². The number of amides is 1. The number of nitrogens with one attached hydrogen (secondary N) is 1. The van der Waals surface area contributed by atoms with Gasteiger partial charge < -0.3 is 10.1 Å². The molecular weight excluding hydrogens is 389 g/mol. The molecule has 2 aromatic rings. The number of benzene rings is 2. The summed E-state index contributed by atoms with van der Waals surface area (Å²) in [6.45, 7) is 2.68. The number of hydrogen-bond acceptors (Lipinski definition) is 2. The molecule has 22 heavy (non-hydrogen) atoms. The number of carbonyl (C=O) groups excluding carboxylic acids is 1. The zero-order valence-corrected chi connectivity index (χ0v) is 15.0. The second-order valence-corrected chi connectivity index (χ2v) is 6.32. The highest BCUT2D eigenvalue weighted by molar-refractivity contribution is 14.1. The maximum absolute atomic E-state index is 12.2. The van der Waals surface area contributed by atoms with E-state index in [0.717, 1.165) is 33.3 Å². The average molecular weight is 409 g/mol. The number of para-hydroxylation sites is 1. The molecule has 0 radical (unpaired) electrons. The smallest absolute Gasteiger partial charge is 0.252 e. The molecule has 0 atom stereocenters. The highest BCUT2D eigenvalue weighted by atomic mass is 127. The maximum Gasteiger partial charge on any atom is 0.252 e. The molecule has 0 heterocycles. The van der Waals surface area contributed by atoms with Crippen LogP contribution in [0.25, 0.3) is 0 Å². The first-order valence-electron chi connectivity index (χ1n) is 7.28. The summed E-state index contributed by atoms with van der Waals surface area (Å²) in [6.07, 6.45) is 1.77. The lowest BCUT2D eigenvalue weighted by molar-refractivity contribution is 0.0952. The lowest BCUT2D eigenvalue weighted by atomic mass is 10.1. The van der Waals surface area contributed by atoms with E-state index in [-0.39, 0.29) is 5.91 Å². The predicted molar refractivity (Wildman–Crippen MR) is 97.5 cm³/mol. The van der Waals surface area contributed by atoms with Gasteiger partial charge in [0.25, 0.3) is 5.91 Å². The number of aryl methyl sites for hydroxylation is 2. The molecule has 0 aliphatic carbocycles. The second kappa shape index (κ2) is 8.17. The van der Waals surface area contributed by atoms with Crippen molar-refractivity contribution in [1.29, 1.82) is 0 Å². The van der Waals surface area contributed by atoms with Crippen molar-refractivity contribution in [2.24, 2.45) is 0 Å². The van der Waals surface area contributed by atoms with Gasteiger partial charge in [0, 0.05) is 10.1 Å². The molecule has 1 N–H and O–H groups in total. The Morgan fingerprint density at radius 1 is 1.23 bits per heavy atom. The van der Waals surface area contributed by atoms with Gasteiger partial charge in [0.2, 0.25) is 0 Å². The van der Waals surface area contributed by atoms with Crippen LogP contribution in [0.5, 0.6) is 5.75 Å². The van der Waals surface area contributed by atoms with Crippen LogP contribution in [-0.2, 0) is 6.42 Å². The summed E-state index contributed by atoms with van der Waals surface area (Å²) in [5.41, 5.74) is 3.07. The average Bonchev–Trinajstić information content (AvgIpc) is 2.51. The van der Waals surface area contributed by atoms with Gasteiger partial charge in [-0.15, -0.1) is 0 Å². The first kappa shape index (κ1) is 16.8. The monoisotopic (exact) mass is 409 g/mol. The normalized spacial score (nSPS) is 10.3. The van der Waals surface area contributed by atoms with Gasteiger partial charge in [-0.3, -0.25) is 4.79 Å². The van der Waals surface area contributed by atoms with Crippen molar-refractivity contribution >= 4 is 28.5 Å². The lowest BCUT2D eigenvalue weighted by Gasteiger charge is -2.09. The van der Waals surface area contributed by atoms with Gasteiger partial charge in [-0.05, 0) is 66.1 Å².